The Morgan fingerprint density at radius 2 is 2.10 bits per heavy atom. The largest absolute Gasteiger partial charge is 0.466 e. The van der Waals surface area contributed by atoms with Crippen molar-refractivity contribution in [3.05, 3.63) is 48.2 Å². The molecule has 5 heteroatoms. The van der Waals surface area contributed by atoms with Crippen molar-refractivity contribution in [3.8, 4) is 11.3 Å². The summed E-state index contributed by atoms with van der Waals surface area (Å²) < 4.78 is 6.46. The predicted octanol–water partition coefficient (Wildman–Crippen LogP) is 2.84. The zero-order valence-corrected chi connectivity index (χ0v) is 12.3. The van der Waals surface area contributed by atoms with E-state index in [-0.39, 0.29) is 5.97 Å². The van der Waals surface area contributed by atoms with Gasteiger partial charge in [-0.2, -0.15) is 0 Å². The zero-order valence-electron chi connectivity index (χ0n) is 12.3. The first-order valence-electron chi connectivity index (χ1n) is 6.97. The topological polar surface area (TPSA) is 57.0 Å². The van der Waals surface area contributed by atoms with E-state index in [1.165, 1.54) is 7.11 Å². The average Bonchev–Trinajstić information content (AvgIpc) is 3.00. The lowest BCUT2D eigenvalue weighted by molar-refractivity contribution is -0.136. The quantitative estimate of drug-likeness (QED) is 0.605. The molecule has 0 aliphatic carbocycles. The van der Waals surface area contributed by atoms with Crippen LogP contribution >= 0.6 is 0 Å². The molecule has 5 nitrogen and oxygen atoms in total. The first-order chi connectivity index (χ1) is 10.2. The van der Waals surface area contributed by atoms with E-state index >= 15 is 0 Å². The van der Waals surface area contributed by atoms with Gasteiger partial charge in [0, 0.05) is 5.56 Å². The van der Waals surface area contributed by atoms with E-state index < -0.39 is 0 Å². The number of allylic oxidation sites excluding steroid dienone is 1. The summed E-state index contributed by atoms with van der Waals surface area (Å²) in [6, 6.07) is 9.81. The zero-order chi connectivity index (χ0) is 15.1. The molecule has 0 amide bonds. The number of nitrogens with zero attached hydrogens (tertiary/aromatic N) is 3. The molecule has 2 rings (SSSR count). The van der Waals surface area contributed by atoms with Crippen LogP contribution in [-0.2, 0) is 16.1 Å². The molecule has 1 aromatic heterocycles. The fourth-order valence-electron chi connectivity index (χ4n) is 1.95. The van der Waals surface area contributed by atoms with Gasteiger partial charge < -0.3 is 4.74 Å². The number of rotatable bonds is 6. The number of esters is 1. The maximum absolute atomic E-state index is 11.7. The van der Waals surface area contributed by atoms with Crippen LogP contribution in [0.4, 0.5) is 0 Å². The monoisotopic (exact) mass is 285 g/mol. The molecule has 0 aliphatic heterocycles. The molecule has 0 bridgehead atoms. The molecule has 0 saturated heterocycles. The molecular weight excluding hydrogens is 266 g/mol. The number of carbonyl (C=O) groups excluding carboxylic acids is 1. The summed E-state index contributed by atoms with van der Waals surface area (Å²) in [4.78, 5) is 11.7. The van der Waals surface area contributed by atoms with Crippen LogP contribution in [0.3, 0.4) is 0 Å². The molecule has 1 aromatic carbocycles. The van der Waals surface area contributed by atoms with Crippen LogP contribution in [0.15, 0.2) is 48.2 Å². The van der Waals surface area contributed by atoms with Gasteiger partial charge in [0.15, 0.2) is 0 Å². The van der Waals surface area contributed by atoms with Crippen LogP contribution in [0, 0.1) is 0 Å². The minimum atomic E-state index is -0.319. The minimum Gasteiger partial charge on any atom is -0.466 e. The number of hydrogen-bond acceptors (Lipinski definition) is 4. The second-order valence-electron chi connectivity index (χ2n) is 4.68. The summed E-state index contributed by atoms with van der Waals surface area (Å²) in [6.07, 6.45) is 5.55. The van der Waals surface area contributed by atoms with Crippen LogP contribution in [0.2, 0.25) is 0 Å². The number of ether oxygens (including phenoxy) is 1. The Morgan fingerprint density at radius 1 is 1.33 bits per heavy atom. The Bertz CT molecular complexity index is 617. The smallest absolute Gasteiger partial charge is 0.335 e. The van der Waals surface area contributed by atoms with Crippen molar-refractivity contribution in [3.63, 3.8) is 0 Å². The Hall–Kier alpha value is -2.43. The Balaban J connectivity index is 2.15. The van der Waals surface area contributed by atoms with E-state index in [1.54, 1.807) is 4.68 Å². The van der Waals surface area contributed by atoms with E-state index in [4.69, 9.17) is 4.74 Å². The average molecular weight is 285 g/mol. The summed E-state index contributed by atoms with van der Waals surface area (Å²) in [5, 5.41) is 8.21. The standard InChI is InChI=1S/C16H19N3O2/c1-3-4-8-14(16(20)21-2)11-19-12-15(17-18-19)13-9-6-5-7-10-13/h5-10,12H,3-4,11H2,1-2H3/b14-8+. The Kier molecular flexibility index (Phi) is 5.26. The maximum Gasteiger partial charge on any atom is 0.335 e. The van der Waals surface area contributed by atoms with Crippen LogP contribution in [0.1, 0.15) is 19.8 Å². The molecule has 0 spiro atoms. The van der Waals surface area contributed by atoms with Gasteiger partial charge in [-0.15, -0.1) is 5.10 Å². The number of benzene rings is 1. The van der Waals surface area contributed by atoms with Gasteiger partial charge in [0.1, 0.15) is 5.69 Å². The van der Waals surface area contributed by atoms with Crippen molar-refractivity contribution in [2.75, 3.05) is 7.11 Å². The summed E-state index contributed by atoms with van der Waals surface area (Å²) >= 11 is 0. The van der Waals surface area contributed by atoms with Gasteiger partial charge in [-0.05, 0) is 6.42 Å². The molecule has 110 valence electrons. The highest BCUT2D eigenvalue weighted by Gasteiger charge is 2.11. The van der Waals surface area contributed by atoms with Gasteiger partial charge in [0.05, 0.1) is 25.4 Å². The first kappa shape index (κ1) is 15.0. The third kappa shape index (κ3) is 4.02. The fraction of sp³-hybridized carbons (Fsp3) is 0.312. The molecule has 0 unspecified atom stereocenters. The van der Waals surface area contributed by atoms with Crippen LogP contribution < -0.4 is 0 Å². The summed E-state index contributed by atoms with van der Waals surface area (Å²) in [6.45, 7) is 2.43. The van der Waals surface area contributed by atoms with Crippen LogP contribution in [-0.4, -0.2) is 28.1 Å². The van der Waals surface area contributed by atoms with E-state index in [9.17, 15) is 4.79 Å². The molecule has 0 atom stereocenters. The molecule has 1 heterocycles. The number of unbranched alkanes of at least 4 members (excludes halogenated alkanes) is 1. The number of methoxy groups -OCH3 is 1. The molecule has 0 N–H and O–H groups in total. The molecule has 0 saturated carbocycles. The highest BCUT2D eigenvalue weighted by atomic mass is 16.5. The number of aromatic nitrogens is 3. The van der Waals surface area contributed by atoms with E-state index in [2.05, 4.69) is 17.2 Å². The Labute approximate surface area is 124 Å². The molecule has 0 radical (unpaired) electrons. The fourth-order valence-corrected chi connectivity index (χ4v) is 1.95. The van der Waals surface area contributed by atoms with Crippen molar-refractivity contribution in [1.29, 1.82) is 0 Å². The van der Waals surface area contributed by atoms with Gasteiger partial charge in [0.2, 0.25) is 0 Å². The maximum atomic E-state index is 11.7. The van der Waals surface area contributed by atoms with E-state index in [0.29, 0.717) is 12.1 Å². The Morgan fingerprint density at radius 3 is 2.76 bits per heavy atom. The van der Waals surface area contributed by atoms with E-state index in [0.717, 1.165) is 24.1 Å². The first-order valence-corrected chi connectivity index (χ1v) is 6.97. The second kappa shape index (κ2) is 7.38. The van der Waals surface area contributed by atoms with Crippen molar-refractivity contribution >= 4 is 5.97 Å². The normalized spacial score (nSPS) is 11.4. The minimum absolute atomic E-state index is 0.319. The summed E-state index contributed by atoms with van der Waals surface area (Å²) in [5.41, 5.74) is 2.39. The van der Waals surface area contributed by atoms with Gasteiger partial charge in [-0.25, -0.2) is 9.48 Å². The summed E-state index contributed by atoms with van der Waals surface area (Å²) in [7, 11) is 1.39. The highest BCUT2D eigenvalue weighted by Crippen LogP contribution is 2.15. The second-order valence-corrected chi connectivity index (χ2v) is 4.68. The lowest BCUT2D eigenvalue weighted by Gasteiger charge is -2.05. The van der Waals surface area contributed by atoms with Gasteiger partial charge in [-0.3, -0.25) is 0 Å². The van der Waals surface area contributed by atoms with Crippen LogP contribution in [0.5, 0.6) is 0 Å². The third-order valence-corrected chi connectivity index (χ3v) is 3.07. The molecule has 0 fully saturated rings. The lowest BCUT2D eigenvalue weighted by Crippen LogP contribution is -2.12. The van der Waals surface area contributed by atoms with Crippen molar-refractivity contribution in [2.24, 2.45) is 0 Å². The highest BCUT2D eigenvalue weighted by molar-refractivity contribution is 5.88. The van der Waals surface area contributed by atoms with Crippen molar-refractivity contribution in [2.45, 2.75) is 26.3 Å². The van der Waals surface area contributed by atoms with Crippen LogP contribution in [0.25, 0.3) is 11.3 Å². The SMILES string of the molecule is CCC/C=C(\Cn1cc(-c2ccccc2)nn1)C(=O)OC. The molecule has 0 aliphatic rings. The molecule has 21 heavy (non-hydrogen) atoms. The lowest BCUT2D eigenvalue weighted by atomic mass is 10.2. The molecular formula is C16H19N3O2. The van der Waals surface area contributed by atoms with Gasteiger partial charge in [0.25, 0.3) is 0 Å². The third-order valence-electron chi connectivity index (χ3n) is 3.07. The van der Waals surface area contributed by atoms with Gasteiger partial charge >= 0.3 is 5.97 Å². The van der Waals surface area contributed by atoms with Crippen molar-refractivity contribution in [1.82, 2.24) is 15.0 Å². The van der Waals surface area contributed by atoms with Gasteiger partial charge in [-0.1, -0.05) is 55.0 Å². The summed E-state index contributed by atoms with van der Waals surface area (Å²) in [5.74, 6) is -0.319. The van der Waals surface area contributed by atoms with Crippen molar-refractivity contribution < 1.29 is 9.53 Å². The number of carbonyl (C=O) groups is 1. The molecule has 2 aromatic rings. The van der Waals surface area contributed by atoms with E-state index in [1.807, 2.05) is 42.6 Å². The predicted molar refractivity (Wildman–Crippen MR) is 80.5 cm³/mol. The number of hydrogen-bond donors (Lipinski definition) is 0.